The number of likely N-dealkylation sites (N-methyl/N-ethyl adjacent to an activating group) is 1. The third-order valence-electron chi connectivity index (χ3n) is 2.65. The van der Waals surface area contributed by atoms with Crippen LogP contribution in [0.5, 0.6) is 0 Å². The van der Waals surface area contributed by atoms with E-state index in [-0.39, 0.29) is 12.1 Å². The van der Waals surface area contributed by atoms with Crippen LogP contribution in [-0.4, -0.2) is 51.2 Å². The van der Waals surface area contributed by atoms with Gasteiger partial charge in [0.05, 0.1) is 19.8 Å². The van der Waals surface area contributed by atoms with Crippen molar-refractivity contribution in [3.8, 4) is 0 Å². The van der Waals surface area contributed by atoms with E-state index in [4.69, 9.17) is 14.6 Å². The quantitative estimate of drug-likeness (QED) is 0.533. The zero-order valence-electron chi connectivity index (χ0n) is 10.2. The molecule has 2 N–H and O–H groups in total. The van der Waals surface area contributed by atoms with Gasteiger partial charge in [0, 0.05) is 19.3 Å². The van der Waals surface area contributed by atoms with Crippen LogP contribution < -0.4 is 5.32 Å². The van der Waals surface area contributed by atoms with E-state index in [1.165, 1.54) is 0 Å². The van der Waals surface area contributed by atoms with Gasteiger partial charge < -0.3 is 19.9 Å². The standard InChI is InChI=1S/C11H25NO3/c1-11(10-13,12-2)6-4-5-7-15-9-8-14-3/h12-13H,4-10H2,1-3H3. The summed E-state index contributed by atoms with van der Waals surface area (Å²) in [6, 6.07) is 0. The largest absolute Gasteiger partial charge is 0.394 e. The molecule has 0 radical (unpaired) electrons. The number of hydrogen-bond donors (Lipinski definition) is 2. The van der Waals surface area contributed by atoms with Crippen LogP contribution >= 0.6 is 0 Å². The van der Waals surface area contributed by atoms with Crippen molar-refractivity contribution in [3.63, 3.8) is 0 Å². The van der Waals surface area contributed by atoms with Crippen LogP contribution in [0.4, 0.5) is 0 Å². The normalized spacial score (nSPS) is 15.2. The summed E-state index contributed by atoms with van der Waals surface area (Å²) in [5.41, 5.74) is -0.146. The van der Waals surface area contributed by atoms with Crippen LogP contribution in [0.3, 0.4) is 0 Å². The number of nitrogens with one attached hydrogen (secondary N) is 1. The smallest absolute Gasteiger partial charge is 0.0700 e. The minimum absolute atomic E-state index is 0.146. The molecule has 1 atom stereocenters. The average molecular weight is 219 g/mol. The third-order valence-corrected chi connectivity index (χ3v) is 2.65. The highest BCUT2D eigenvalue weighted by Crippen LogP contribution is 2.12. The van der Waals surface area contributed by atoms with E-state index >= 15 is 0 Å². The van der Waals surface area contributed by atoms with Crippen LogP contribution in [0.15, 0.2) is 0 Å². The zero-order valence-corrected chi connectivity index (χ0v) is 10.2. The number of aliphatic hydroxyl groups is 1. The minimum Gasteiger partial charge on any atom is -0.394 e. The van der Waals surface area contributed by atoms with Gasteiger partial charge in [0.25, 0.3) is 0 Å². The number of aliphatic hydroxyl groups excluding tert-OH is 1. The number of ether oxygens (including phenoxy) is 2. The predicted octanol–water partition coefficient (Wildman–Crippen LogP) is 0.790. The molecule has 0 fully saturated rings. The highest BCUT2D eigenvalue weighted by atomic mass is 16.5. The van der Waals surface area contributed by atoms with Crippen molar-refractivity contribution in [2.75, 3.05) is 40.6 Å². The number of unbranched alkanes of at least 4 members (excludes halogenated alkanes) is 1. The van der Waals surface area contributed by atoms with Crippen molar-refractivity contribution in [3.05, 3.63) is 0 Å². The SMILES string of the molecule is CNC(C)(CO)CCCCOCCOC. The summed E-state index contributed by atoms with van der Waals surface area (Å²) in [6.45, 7) is 4.30. The molecule has 0 aliphatic carbocycles. The second-order valence-electron chi connectivity index (χ2n) is 4.03. The first kappa shape index (κ1) is 14.8. The Kier molecular flexibility index (Phi) is 9.00. The van der Waals surface area contributed by atoms with E-state index in [1.54, 1.807) is 7.11 Å². The lowest BCUT2D eigenvalue weighted by Crippen LogP contribution is -2.43. The molecule has 15 heavy (non-hydrogen) atoms. The highest BCUT2D eigenvalue weighted by Gasteiger charge is 2.19. The molecule has 0 rings (SSSR count). The van der Waals surface area contributed by atoms with Crippen molar-refractivity contribution >= 4 is 0 Å². The van der Waals surface area contributed by atoms with Crippen molar-refractivity contribution in [1.29, 1.82) is 0 Å². The van der Waals surface area contributed by atoms with Crippen LogP contribution in [0.1, 0.15) is 26.2 Å². The first-order chi connectivity index (χ1) is 7.18. The fourth-order valence-electron chi connectivity index (χ4n) is 1.25. The van der Waals surface area contributed by atoms with Gasteiger partial charge in [0.15, 0.2) is 0 Å². The lowest BCUT2D eigenvalue weighted by Gasteiger charge is -2.26. The Labute approximate surface area is 93.0 Å². The predicted molar refractivity (Wildman–Crippen MR) is 61.1 cm³/mol. The molecule has 0 heterocycles. The van der Waals surface area contributed by atoms with E-state index in [2.05, 4.69) is 5.32 Å². The summed E-state index contributed by atoms with van der Waals surface area (Å²) in [6.07, 6.45) is 3.06. The van der Waals surface area contributed by atoms with Gasteiger partial charge in [-0.15, -0.1) is 0 Å². The van der Waals surface area contributed by atoms with E-state index in [0.717, 1.165) is 25.9 Å². The molecule has 0 aromatic carbocycles. The summed E-state index contributed by atoms with van der Waals surface area (Å²) in [5.74, 6) is 0. The summed E-state index contributed by atoms with van der Waals surface area (Å²) in [7, 11) is 3.55. The summed E-state index contributed by atoms with van der Waals surface area (Å²) < 4.78 is 10.2. The molecule has 4 heteroatoms. The Bertz CT molecular complexity index is 138. The topological polar surface area (TPSA) is 50.7 Å². The van der Waals surface area contributed by atoms with E-state index in [0.29, 0.717) is 13.2 Å². The Morgan fingerprint density at radius 3 is 2.47 bits per heavy atom. The molecule has 0 saturated heterocycles. The molecule has 0 amide bonds. The molecule has 0 aliphatic rings. The van der Waals surface area contributed by atoms with Gasteiger partial charge in [0.1, 0.15) is 0 Å². The van der Waals surface area contributed by atoms with Crippen LogP contribution in [0, 0.1) is 0 Å². The minimum atomic E-state index is -0.146. The molecule has 0 saturated carbocycles. The van der Waals surface area contributed by atoms with Gasteiger partial charge >= 0.3 is 0 Å². The second-order valence-corrected chi connectivity index (χ2v) is 4.03. The number of hydrogen-bond acceptors (Lipinski definition) is 4. The zero-order chi connectivity index (χ0) is 11.6. The summed E-state index contributed by atoms with van der Waals surface area (Å²) >= 11 is 0. The molecular formula is C11H25NO3. The van der Waals surface area contributed by atoms with E-state index in [1.807, 2.05) is 14.0 Å². The molecule has 0 spiro atoms. The Balaban J connectivity index is 3.29. The lowest BCUT2D eigenvalue weighted by atomic mass is 9.96. The maximum atomic E-state index is 9.15. The van der Waals surface area contributed by atoms with Crippen molar-refractivity contribution < 1.29 is 14.6 Å². The molecule has 0 aliphatic heterocycles. The molecule has 0 aromatic rings. The van der Waals surface area contributed by atoms with Gasteiger partial charge in [0.2, 0.25) is 0 Å². The number of rotatable bonds is 10. The van der Waals surface area contributed by atoms with Crippen molar-refractivity contribution in [1.82, 2.24) is 5.32 Å². The molecule has 1 unspecified atom stereocenters. The van der Waals surface area contributed by atoms with Gasteiger partial charge in [-0.3, -0.25) is 0 Å². The summed E-state index contributed by atoms with van der Waals surface area (Å²) in [4.78, 5) is 0. The Morgan fingerprint density at radius 1 is 1.20 bits per heavy atom. The summed E-state index contributed by atoms with van der Waals surface area (Å²) in [5, 5.41) is 12.3. The highest BCUT2D eigenvalue weighted by molar-refractivity contribution is 4.79. The van der Waals surface area contributed by atoms with Gasteiger partial charge in [-0.05, 0) is 33.2 Å². The molecule has 0 bridgehead atoms. The van der Waals surface area contributed by atoms with Crippen LogP contribution in [0.25, 0.3) is 0 Å². The maximum absolute atomic E-state index is 9.15. The van der Waals surface area contributed by atoms with Crippen LogP contribution in [0.2, 0.25) is 0 Å². The average Bonchev–Trinajstić information content (AvgIpc) is 2.27. The van der Waals surface area contributed by atoms with Crippen LogP contribution in [-0.2, 0) is 9.47 Å². The fourth-order valence-corrected chi connectivity index (χ4v) is 1.25. The Hall–Kier alpha value is -0.160. The monoisotopic (exact) mass is 219 g/mol. The first-order valence-corrected chi connectivity index (χ1v) is 5.55. The maximum Gasteiger partial charge on any atom is 0.0700 e. The van der Waals surface area contributed by atoms with E-state index in [9.17, 15) is 0 Å². The van der Waals surface area contributed by atoms with Crippen molar-refractivity contribution in [2.24, 2.45) is 0 Å². The molecule has 92 valence electrons. The molecular weight excluding hydrogens is 194 g/mol. The van der Waals surface area contributed by atoms with Gasteiger partial charge in [-0.1, -0.05) is 0 Å². The van der Waals surface area contributed by atoms with Gasteiger partial charge in [-0.25, -0.2) is 0 Å². The Morgan fingerprint density at radius 2 is 1.93 bits per heavy atom. The second kappa shape index (κ2) is 9.09. The number of methoxy groups -OCH3 is 1. The first-order valence-electron chi connectivity index (χ1n) is 5.55. The molecule has 4 nitrogen and oxygen atoms in total. The van der Waals surface area contributed by atoms with Crippen molar-refractivity contribution in [2.45, 2.75) is 31.7 Å². The molecule has 0 aromatic heterocycles. The lowest BCUT2D eigenvalue weighted by molar-refractivity contribution is 0.0670. The van der Waals surface area contributed by atoms with Gasteiger partial charge in [-0.2, -0.15) is 0 Å². The van der Waals surface area contributed by atoms with E-state index < -0.39 is 0 Å². The third kappa shape index (κ3) is 7.73. The fraction of sp³-hybridized carbons (Fsp3) is 1.00.